The van der Waals surface area contributed by atoms with Crippen LogP contribution in [-0.2, 0) is 9.53 Å². The standard InChI is InChI=1S/C15H21BrN2O4/c1-8-11(16)7-10(12(19)17-8)13(20)18(6)9(2)14(21)22-15(3,4)5/h7,9H,1-6H3,(H,17,19). The van der Waals surface area contributed by atoms with E-state index in [0.29, 0.717) is 10.2 Å². The second kappa shape index (κ2) is 6.64. The molecule has 22 heavy (non-hydrogen) atoms. The molecule has 0 saturated heterocycles. The molecule has 1 aromatic heterocycles. The third kappa shape index (κ3) is 4.43. The molecule has 0 fully saturated rings. The highest BCUT2D eigenvalue weighted by Gasteiger charge is 2.29. The van der Waals surface area contributed by atoms with Crippen LogP contribution in [0.25, 0.3) is 0 Å². The van der Waals surface area contributed by atoms with E-state index < -0.39 is 29.1 Å². The molecule has 1 amide bonds. The Kier molecular flexibility index (Phi) is 5.56. The third-order valence-corrected chi connectivity index (χ3v) is 3.88. The molecule has 0 bridgehead atoms. The largest absolute Gasteiger partial charge is 0.458 e. The molecule has 0 aliphatic rings. The van der Waals surface area contributed by atoms with E-state index in [9.17, 15) is 14.4 Å². The maximum atomic E-state index is 12.4. The number of esters is 1. The lowest BCUT2D eigenvalue weighted by Crippen LogP contribution is -2.44. The van der Waals surface area contributed by atoms with Crippen molar-refractivity contribution in [2.24, 2.45) is 0 Å². The molecule has 0 aliphatic heterocycles. The maximum absolute atomic E-state index is 12.4. The lowest BCUT2D eigenvalue weighted by atomic mass is 10.1. The topological polar surface area (TPSA) is 79.5 Å². The van der Waals surface area contributed by atoms with E-state index in [0.717, 1.165) is 0 Å². The maximum Gasteiger partial charge on any atom is 0.329 e. The molecular formula is C15H21BrN2O4. The second-order valence-electron chi connectivity index (χ2n) is 6.11. The van der Waals surface area contributed by atoms with Gasteiger partial charge < -0.3 is 14.6 Å². The summed E-state index contributed by atoms with van der Waals surface area (Å²) >= 11 is 3.27. The number of hydrogen-bond acceptors (Lipinski definition) is 4. The summed E-state index contributed by atoms with van der Waals surface area (Å²) in [5, 5.41) is 0. The number of carbonyl (C=O) groups is 2. The summed E-state index contributed by atoms with van der Waals surface area (Å²) in [7, 11) is 1.46. The van der Waals surface area contributed by atoms with Gasteiger partial charge >= 0.3 is 5.97 Å². The molecule has 1 N–H and O–H groups in total. The quantitative estimate of drug-likeness (QED) is 0.825. The summed E-state index contributed by atoms with van der Waals surface area (Å²) < 4.78 is 5.87. The van der Waals surface area contributed by atoms with Crippen molar-refractivity contribution >= 4 is 27.8 Å². The zero-order valence-electron chi connectivity index (χ0n) is 13.6. The van der Waals surface area contributed by atoms with Gasteiger partial charge in [0.05, 0.1) is 0 Å². The zero-order chi connectivity index (χ0) is 17.2. The van der Waals surface area contributed by atoms with Gasteiger partial charge in [-0.15, -0.1) is 0 Å². The van der Waals surface area contributed by atoms with Crippen LogP contribution in [0.4, 0.5) is 0 Å². The fraction of sp³-hybridized carbons (Fsp3) is 0.533. The number of rotatable bonds is 3. The van der Waals surface area contributed by atoms with Crippen molar-refractivity contribution in [1.29, 1.82) is 0 Å². The number of halogens is 1. The molecule has 6 nitrogen and oxygen atoms in total. The Morgan fingerprint density at radius 2 is 1.91 bits per heavy atom. The number of nitrogens with one attached hydrogen (secondary N) is 1. The third-order valence-electron chi connectivity index (χ3n) is 3.05. The van der Waals surface area contributed by atoms with Crippen LogP contribution in [0, 0.1) is 6.92 Å². The van der Waals surface area contributed by atoms with Gasteiger partial charge in [0.2, 0.25) is 0 Å². The summed E-state index contributed by atoms with van der Waals surface area (Å²) in [6, 6.07) is 0.653. The van der Waals surface area contributed by atoms with Gasteiger partial charge in [-0.1, -0.05) is 0 Å². The average molecular weight is 373 g/mol. The van der Waals surface area contributed by atoms with E-state index >= 15 is 0 Å². The van der Waals surface area contributed by atoms with Gasteiger partial charge in [0.1, 0.15) is 17.2 Å². The van der Waals surface area contributed by atoms with E-state index in [-0.39, 0.29) is 5.56 Å². The monoisotopic (exact) mass is 372 g/mol. The van der Waals surface area contributed by atoms with E-state index in [4.69, 9.17) is 4.74 Å². The van der Waals surface area contributed by atoms with Crippen molar-refractivity contribution in [3.63, 3.8) is 0 Å². The first-order valence-corrected chi connectivity index (χ1v) is 7.62. The predicted octanol–water partition coefficient (Wildman–Crippen LogP) is 2.25. The molecule has 1 atom stereocenters. The van der Waals surface area contributed by atoms with E-state index in [1.54, 1.807) is 34.6 Å². The van der Waals surface area contributed by atoms with Crippen LogP contribution in [0.5, 0.6) is 0 Å². The smallest absolute Gasteiger partial charge is 0.329 e. The number of nitrogens with zero attached hydrogens (tertiary/aromatic N) is 1. The molecule has 1 unspecified atom stereocenters. The SMILES string of the molecule is Cc1[nH]c(=O)c(C(=O)N(C)C(C)C(=O)OC(C)(C)C)cc1Br. The zero-order valence-corrected chi connectivity index (χ0v) is 15.2. The van der Waals surface area contributed by atoms with Crippen LogP contribution in [0.1, 0.15) is 43.7 Å². The first-order chi connectivity index (χ1) is 9.94. The van der Waals surface area contributed by atoms with Gasteiger partial charge in [-0.3, -0.25) is 9.59 Å². The van der Waals surface area contributed by atoms with Crippen LogP contribution in [0.15, 0.2) is 15.3 Å². The number of ether oxygens (including phenoxy) is 1. The number of H-pyrrole nitrogens is 1. The van der Waals surface area contributed by atoms with Gasteiger partial charge in [-0.2, -0.15) is 0 Å². The second-order valence-corrected chi connectivity index (χ2v) is 6.96. The number of hydrogen-bond donors (Lipinski definition) is 1. The molecule has 122 valence electrons. The molecule has 0 aliphatic carbocycles. The molecule has 0 aromatic carbocycles. The average Bonchev–Trinajstić information content (AvgIpc) is 2.38. The van der Waals surface area contributed by atoms with Crippen LogP contribution in [0.3, 0.4) is 0 Å². The fourth-order valence-electron chi connectivity index (χ4n) is 1.67. The highest BCUT2D eigenvalue weighted by molar-refractivity contribution is 9.10. The first-order valence-electron chi connectivity index (χ1n) is 6.83. The molecule has 0 spiro atoms. The summed E-state index contributed by atoms with van der Waals surface area (Å²) in [4.78, 5) is 40.1. The van der Waals surface area contributed by atoms with Crippen molar-refractivity contribution in [2.75, 3.05) is 7.05 Å². The Morgan fingerprint density at radius 1 is 1.36 bits per heavy atom. The first kappa shape index (κ1) is 18.4. The molecule has 0 saturated carbocycles. The van der Waals surface area contributed by atoms with Crippen molar-refractivity contribution < 1.29 is 14.3 Å². The number of aryl methyl sites for hydroxylation is 1. The van der Waals surface area contributed by atoms with Crippen molar-refractivity contribution in [2.45, 2.75) is 46.3 Å². The Labute approximate surface area is 138 Å². The molecule has 1 rings (SSSR count). The fourth-order valence-corrected chi connectivity index (χ4v) is 2.00. The van der Waals surface area contributed by atoms with Crippen molar-refractivity contribution in [3.05, 3.63) is 32.2 Å². The van der Waals surface area contributed by atoms with Gasteiger partial charge in [-0.05, 0) is 56.6 Å². The highest BCUT2D eigenvalue weighted by atomic mass is 79.9. The van der Waals surface area contributed by atoms with Gasteiger partial charge in [-0.25, -0.2) is 4.79 Å². The highest BCUT2D eigenvalue weighted by Crippen LogP contribution is 2.15. The lowest BCUT2D eigenvalue weighted by molar-refractivity contribution is -0.159. The molecule has 1 aromatic rings. The number of aromatic nitrogens is 1. The number of amides is 1. The minimum absolute atomic E-state index is 0.0321. The number of pyridine rings is 1. The molecule has 1 heterocycles. The Hall–Kier alpha value is -1.63. The van der Waals surface area contributed by atoms with Crippen LogP contribution in [-0.4, -0.2) is 40.5 Å². The number of likely N-dealkylation sites (N-methyl/N-ethyl adjacent to an activating group) is 1. The van der Waals surface area contributed by atoms with E-state index in [1.165, 1.54) is 18.0 Å². The summed E-state index contributed by atoms with van der Waals surface area (Å²) in [5.41, 5.74) is -0.534. The summed E-state index contributed by atoms with van der Waals surface area (Å²) in [6.45, 7) is 8.53. The van der Waals surface area contributed by atoms with Gasteiger partial charge in [0.15, 0.2) is 0 Å². The number of aromatic amines is 1. The Balaban J connectivity index is 3.01. The lowest BCUT2D eigenvalue weighted by Gasteiger charge is -2.27. The van der Waals surface area contributed by atoms with Gasteiger partial charge in [0, 0.05) is 17.2 Å². The molecule has 7 heteroatoms. The summed E-state index contributed by atoms with van der Waals surface area (Å²) in [5.74, 6) is -1.06. The Bertz CT molecular complexity index is 646. The predicted molar refractivity (Wildman–Crippen MR) is 86.9 cm³/mol. The Morgan fingerprint density at radius 3 is 2.41 bits per heavy atom. The number of carbonyl (C=O) groups excluding carboxylic acids is 2. The van der Waals surface area contributed by atoms with Crippen LogP contribution >= 0.6 is 15.9 Å². The van der Waals surface area contributed by atoms with Gasteiger partial charge in [0.25, 0.3) is 11.5 Å². The minimum Gasteiger partial charge on any atom is -0.458 e. The van der Waals surface area contributed by atoms with Crippen molar-refractivity contribution in [1.82, 2.24) is 9.88 Å². The summed E-state index contributed by atoms with van der Waals surface area (Å²) in [6.07, 6.45) is 0. The van der Waals surface area contributed by atoms with Crippen molar-refractivity contribution in [3.8, 4) is 0 Å². The minimum atomic E-state index is -0.800. The van der Waals surface area contributed by atoms with Crippen LogP contribution in [0.2, 0.25) is 0 Å². The van der Waals surface area contributed by atoms with E-state index in [2.05, 4.69) is 20.9 Å². The normalized spacial score (nSPS) is 12.7. The van der Waals surface area contributed by atoms with Crippen LogP contribution < -0.4 is 5.56 Å². The molecular weight excluding hydrogens is 352 g/mol. The molecule has 0 radical (unpaired) electrons. The van der Waals surface area contributed by atoms with E-state index in [1.807, 2.05) is 0 Å².